The summed E-state index contributed by atoms with van der Waals surface area (Å²) in [5.74, 6) is 0. The lowest BCUT2D eigenvalue weighted by atomic mass is 10.1. The molecule has 0 aromatic carbocycles. The topological polar surface area (TPSA) is 35.5 Å². The number of unbranched alkanes of at least 4 members (excludes halogenated alkanes) is 11. The minimum absolute atomic E-state index is 0.362. The van der Waals surface area contributed by atoms with Crippen LogP contribution in [0, 0.1) is 0 Å². The lowest BCUT2D eigenvalue weighted by molar-refractivity contribution is 0.0553. The second kappa shape index (κ2) is 18.1. The molecule has 0 radical (unpaired) electrons. The van der Waals surface area contributed by atoms with Crippen molar-refractivity contribution >= 4 is 6.16 Å². The van der Waals surface area contributed by atoms with E-state index in [0.29, 0.717) is 19.6 Å². The van der Waals surface area contributed by atoms with Gasteiger partial charge >= 0.3 is 6.16 Å². The van der Waals surface area contributed by atoms with Gasteiger partial charge in [0.2, 0.25) is 0 Å². The van der Waals surface area contributed by atoms with E-state index in [-0.39, 0.29) is 0 Å². The predicted octanol–water partition coefficient (Wildman–Crippen LogP) is 6.42. The van der Waals surface area contributed by atoms with Gasteiger partial charge in [0, 0.05) is 0 Å². The molecule has 3 nitrogen and oxygen atoms in total. The molecule has 0 atom stereocenters. The summed E-state index contributed by atoms with van der Waals surface area (Å²) < 4.78 is 9.84. The zero-order chi connectivity index (χ0) is 16.3. The first-order valence-corrected chi connectivity index (χ1v) is 9.21. The maximum absolute atomic E-state index is 11.1. The van der Waals surface area contributed by atoms with Gasteiger partial charge in [-0.05, 0) is 12.8 Å². The SMILES string of the molecule is C=CCCOC(=O)OCCCCCCCCCCCCCC. The van der Waals surface area contributed by atoms with Gasteiger partial charge in [0.25, 0.3) is 0 Å². The van der Waals surface area contributed by atoms with Crippen LogP contribution < -0.4 is 0 Å². The minimum Gasteiger partial charge on any atom is -0.434 e. The van der Waals surface area contributed by atoms with Gasteiger partial charge in [0.15, 0.2) is 0 Å². The van der Waals surface area contributed by atoms with E-state index in [2.05, 4.69) is 13.5 Å². The molecule has 0 bridgehead atoms. The molecule has 0 aliphatic heterocycles. The molecule has 0 fully saturated rings. The van der Waals surface area contributed by atoms with Crippen molar-refractivity contribution < 1.29 is 14.3 Å². The molecule has 0 aromatic rings. The van der Waals surface area contributed by atoms with Crippen molar-refractivity contribution in [3.05, 3.63) is 12.7 Å². The second-order valence-electron chi connectivity index (χ2n) is 5.91. The number of hydrogen-bond donors (Lipinski definition) is 0. The lowest BCUT2D eigenvalue weighted by Gasteiger charge is -2.05. The summed E-state index contributed by atoms with van der Waals surface area (Å²) in [6.07, 6.45) is 17.5. The molecule has 0 rings (SSSR count). The fraction of sp³-hybridized carbons (Fsp3) is 0.842. The minimum atomic E-state index is -0.551. The highest BCUT2D eigenvalue weighted by atomic mass is 16.7. The maximum Gasteiger partial charge on any atom is 0.508 e. The van der Waals surface area contributed by atoms with Crippen LogP contribution >= 0.6 is 0 Å². The third-order valence-corrected chi connectivity index (χ3v) is 3.76. The van der Waals surface area contributed by atoms with Crippen LogP contribution in [-0.2, 0) is 9.47 Å². The lowest BCUT2D eigenvalue weighted by Crippen LogP contribution is -2.09. The molecule has 3 heteroatoms. The molecule has 0 spiro atoms. The second-order valence-corrected chi connectivity index (χ2v) is 5.91. The average Bonchev–Trinajstić information content (AvgIpc) is 2.52. The van der Waals surface area contributed by atoms with E-state index in [9.17, 15) is 4.79 Å². The maximum atomic E-state index is 11.1. The van der Waals surface area contributed by atoms with E-state index >= 15 is 0 Å². The van der Waals surface area contributed by atoms with Gasteiger partial charge in [-0.25, -0.2) is 4.79 Å². The fourth-order valence-electron chi connectivity index (χ4n) is 2.37. The molecule has 22 heavy (non-hydrogen) atoms. The van der Waals surface area contributed by atoms with Gasteiger partial charge in [-0.3, -0.25) is 0 Å². The molecule has 0 N–H and O–H groups in total. The van der Waals surface area contributed by atoms with Gasteiger partial charge in [-0.15, -0.1) is 6.58 Å². The summed E-state index contributed by atoms with van der Waals surface area (Å²) in [6.45, 7) is 6.66. The van der Waals surface area contributed by atoms with Gasteiger partial charge in [-0.1, -0.05) is 83.6 Å². The summed E-state index contributed by atoms with van der Waals surface area (Å²) in [4.78, 5) is 11.1. The van der Waals surface area contributed by atoms with Crippen molar-refractivity contribution in [3.63, 3.8) is 0 Å². The zero-order valence-corrected chi connectivity index (χ0v) is 14.6. The smallest absolute Gasteiger partial charge is 0.434 e. The normalized spacial score (nSPS) is 10.4. The van der Waals surface area contributed by atoms with Crippen molar-refractivity contribution in [2.75, 3.05) is 13.2 Å². The summed E-state index contributed by atoms with van der Waals surface area (Å²) in [7, 11) is 0. The highest BCUT2D eigenvalue weighted by Gasteiger charge is 2.01. The van der Waals surface area contributed by atoms with Crippen molar-refractivity contribution in [2.45, 2.75) is 90.4 Å². The Morgan fingerprint density at radius 2 is 1.23 bits per heavy atom. The number of ether oxygens (including phenoxy) is 2. The summed E-state index contributed by atoms with van der Waals surface area (Å²) in [5.41, 5.74) is 0. The molecule has 0 aliphatic rings. The summed E-state index contributed by atoms with van der Waals surface area (Å²) >= 11 is 0. The van der Waals surface area contributed by atoms with Crippen LogP contribution in [0.15, 0.2) is 12.7 Å². The third-order valence-electron chi connectivity index (χ3n) is 3.76. The molecule has 130 valence electrons. The van der Waals surface area contributed by atoms with Gasteiger partial charge in [0.1, 0.15) is 0 Å². The van der Waals surface area contributed by atoms with E-state index in [1.165, 1.54) is 64.2 Å². The Labute approximate surface area is 137 Å². The molecule has 0 saturated carbocycles. The van der Waals surface area contributed by atoms with Crippen LogP contribution in [0.25, 0.3) is 0 Å². The number of carbonyl (C=O) groups excluding carboxylic acids is 1. The van der Waals surface area contributed by atoms with Crippen LogP contribution in [0.4, 0.5) is 4.79 Å². The first-order valence-electron chi connectivity index (χ1n) is 9.21. The van der Waals surface area contributed by atoms with E-state index in [1.807, 2.05) is 0 Å². The monoisotopic (exact) mass is 312 g/mol. The Morgan fingerprint density at radius 1 is 0.773 bits per heavy atom. The first kappa shape index (κ1) is 21.0. The summed E-state index contributed by atoms with van der Waals surface area (Å²) in [6, 6.07) is 0. The molecule has 0 aliphatic carbocycles. The standard InChI is InChI=1S/C19H36O3/c1-3-5-7-8-9-10-11-12-13-14-15-16-18-22-19(20)21-17-6-4-2/h4H,2-3,5-18H2,1H3. The molecule has 0 saturated heterocycles. The Bertz CT molecular complexity index is 251. The van der Waals surface area contributed by atoms with Crippen LogP contribution in [-0.4, -0.2) is 19.4 Å². The molecular formula is C19H36O3. The van der Waals surface area contributed by atoms with Gasteiger partial charge < -0.3 is 9.47 Å². The van der Waals surface area contributed by atoms with Crippen LogP contribution in [0.1, 0.15) is 90.4 Å². The Morgan fingerprint density at radius 3 is 1.73 bits per heavy atom. The largest absolute Gasteiger partial charge is 0.508 e. The fourth-order valence-corrected chi connectivity index (χ4v) is 2.37. The van der Waals surface area contributed by atoms with Gasteiger partial charge in [-0.2, -0.15) is 0 Å². The first-order chi connectivity index (χ1) is 10.8. The van der Waals surface area contributed by atoms with Gasteiger partial charge in [0.05, 0.1) is 13.2 Å². The van der Waals surface area contributed by atoms with Crippen molar-refractivity contribution in [1.82, 2.24) is 0 Å². The average molecular weight is 312 g/mol. The number of rotatable bonds is 16. The van der Waals surface area contributed by atoms with Crippen LogP contribution in [0.5, 0.6) is 0 Å². The Hall–Kier alpha value is -0.990. The number of hydrogen-bond acceptors (Lipinski definition) is 3. The predicted molar refractivity (Wildman–Crippen MR) is 93.2 cm³/mol. The Balaban J connectivity index is 3.08. The molecule has 0 heterocycles. The molecule has 0 amide bonds. The summed E-state index contributed by atoms with van der Waals surface area (Å²) in [5, 5.41) is 0. The van der Waals surface area contributed by atoms with E-state index in [0.717, 1.165) is 12.8 Å². The quantitative estimate of drug-likeness (QED) is 0.187. The number of carbonyl (C=O) groups is 1. The zero-order valence-electron chi connectivity index (χ0n) is 14.6. The molecule has 0 unspecified atom stereocenters. The highest BCUT2D eigenvalue weighted by Crippen LogP contribution is 2.11. The third kappa shape index (κ3) is 17.1. The highest BCUT2D eigenvalue weighted by molar-refractivity contribution is 5.59. The van der Waals surface area contributed by atoms with Crippen LogP contribution in [0.2, 0.25) is 0 Å². The van der Waals surface area contributed by atoms with E-state index in [1.54, 1.807) is 6.08 Å². The van der Waals surface area contributed by atoms with Crippen molar-refractivity contribution in [1.29, 1.82) is 0 Å². The van der Waals surface area contributed by atoms with Crippen molar-refractivity contribution in [3.8, 4) is 0 Å². The molecule has 0 aromatic heterocycles. The van der Waals surface area contributed by atoms with E-state index in [4.69, 9.17) is 9.47 Å². The van der Waals surface area contributed by atoms with Crippen molar-refractivity contribution in [2.24, 2.45) is 0 Å². The van der Waals surface area contributed by atoms with Crippen LogP contribution in [0.3, 0.4) is 0 Å². The molecular weight excluding hydrogens is 276 g/mol. The Kier molecular flexibility index (Phi) is 17.2. The van der Waals surface area contributed by atoms with E-state index < -0.39 is 6.16 Å².